The van der Waals surface area contributed by atoms with Gasteiger partial charge in [-0.05, 0) is 55.8 Å². The molecule has 6 heteroatoms. The van der Waals surface area contributed by atoms with Gasteiger partial charge in [0.1, 0.15) is 17.2 Å². The number of hydrogen-bond acceptors (Lipinski definition) is 5. The summed E-state index contributed by atoms with van der Waals surface area (Å²) in [6, 6.07) is 18.8. The van der Waals surface area contributed by atoms with E-state index < -0.39 is 0 Å². The molecule has 1 amide bonds. The van der Waals surface area contributed by atoms with E-state index >= 15 is 0 Å². The van der Waals surface area contributed by atoms with Gasteiger partial charge in [-0.3, -0.25) is 4.79 Å². The average Bonchev–Trinajstić information content (AvgIpc) is 2.83. The summed E-state index contributed by atoms with van der Waals surface area (Å²) in [6.07, 6.45) is 0. The van der Waals surface area contributed by atoms with Crippen LogP contribution in [-0.4, -0.2) is 32.2 Å². The van der Waals surface area contributed by atoms with Gasteiger partial charge >= 0.3 is 0 Å². The van der Waals surface area contributed by atoms with Crippen LogP contribution >= 0.6 is 0 Å². The van der Waals surface area contributed by atoms with E-state index in [2.05, 4.69) is 11.4 Å². The Balaban J connectivity index is 1.86. The van der Waals surface area contributed by atoms with E-state index in [0.717, 1.165) is 33.3 Å². The smallest absolute Gasteiger partial charge is 0.256 e. The summed E-state index contributed by atoms with van der Waals surface area (Å²) in [6.45, 7) is 4.02. The summed E-state index contributed by atoms with van der Waals surface area (Å²) < 4.78 is 16.1. The lowest BCUT2D eigenvalue weighted by atomic mass is 9.99. The molecular weight excluding hydrogens is 416 g/mol. The molecule has 0 spiro atoms. The van der Waals surface area contributed by atoms with E-state index in [0.29, 0.717) is 28.4 Å². The van der Waals surface area contributed by atoms with E-state index in [4.69, 9.17) is 19.2 Å². The fourth-order valence-corrected chi connectivity index (χ4v) is 3.89. The minimum Gasteiger partial charge on any atom is -0.497 e. The monoisotopic (exact) mass is 442 g/mol. The van der Waals surface area contributed by atoms with Crippen molar-refractivity contribution in [3.8, 4) is 28.5 Å². The lowest BCUT2D eigenvalue weighted by Gasteiger charge is -2.15. The maximum Gasteiger partial charge on any atom is 0.256 e. The predicted octanol–water partition coefficient (Wildman–Crippen LogP) is 5.80. The highest BCUT2D eigenvalue weighted by Crippen LogP contribution is 2.32. The largest absolute Gasteiger partial charge is 0.497 e. The van der Waals surface area contributed by atoms with Crippen LogP contribution in [0.4, 0.5) is 5.69 Å². The number of rotatable bonds is 6. The number of fused-ring (bicyclic) bond motifs is 1. The molecule has 33 heavy (non-hydrogen) atoms. The molecule has 1 heterocycles. The van der Waals surface area contributed by atoms with Crippen molar-refractivity contribution >= 4 is 22.5 Å². The quantitative estimate of drug-likeness (QED) is 0.409. The van der Waals surface area contributed by atoms with Crippen molar-refractivity contribution in [2.24, 2.45) is 0 Å². The van der Waals surface area contributed by atoms with Gasteiger partial charge in [-0.15, -0.1) is 0 Å². The predicted molar refractivity (Wildman–Crippen MR) is 131 cm³/mol. The molecule has 1 N–H and O–H groups in total. The molecule has 6 nitrogen and oxygen atoms in total. The summed E-state index contributed by atoms with van der Waals surface area (Å²) in [5, 5.41) is 3.78. The maximum atomic E-state index is 13.5. The lowest BCUT2D eigenvalue weighted by Crippen LogP contribution is -2.14. The third-order valence-corrected chi connectivity index (χ3v) is 5.52. The molecule has 0 aliphatic carbocycles. The highest BCUT2D eigenvalue weighted by atomic mass is 16.5. The summed E-state index contributed by atoms with van der Waals surface area (Å²) >= 11 is 0. The molecule has 4 aromatic rings. The standard InChI is InChI=1S/C27H26N2O4/c1-16-11-17(2)26-21(12-16)22(15-24(28-26)18-7-6-8-19(13-18)31-3)27(30)29-23-10-9-20(32-4)14-25(23)33-5/h6-15H,1-5H3,(H,29,30). The van der Waals surface area contributed by atoms with Gasteiger partial charge < -0.3 is 19.5 Å². The number of nitrogens with one attached hydrogen (secondary N) is 1. The van der Waals surface area contributed by atoms with Crippen molar-refractivity contribution in [3.05, 3.63) is 77.4 Å². The molecule has 0 radical (unpaired) electrons. The molecule has 3 aromatic carbocycles. The maximum absolute atomic E-state index is 13.5. The minimum atomic E-state index is -0.250. The third kappa shape index (κ3) is 4.46. The Labute approximate surface area is 193 Å². The Bertz CT molecular complexity index is 1350. The lowest BCUT2D eigenvalue weighted by molar-refractivity contribution is 0.102. The molecule has 0 saturated carbocycles. The van der Waals surface area contributed by atoms with Gasteiger partial charge in [-0.25, -0.2) is 4.98 Å². The Morgan fingerprint density at radius 1 is 0.848 bits per heavy atom. The summed E-state index contributed by atoms with van der Waals surface area (Å²) in [4.78, 5) is 18.4. The van der Waals surface area contributed by atoms with E-state index in [1.807, 2.05) is 50.2 Å². The number of benzene rings is 3. The number of aromatic nitrogens is 1. The fourth-order valence-electron chi connectivity index (χ4n) is 3.89. The third-order valence-electron chi connectivity index (χ3n) is 5.52. The van der Waals surface area contributed by atoms with Crippen LogP contribution in [0.25, 0.3) is 22.2 Å². The zero-order valence-electron chi connectivity index (χ0n) is 19.4. The first-order chi connectivity index (χ1) is 15.9. The highest BCUT2D eigenvalue weighted by molar-refractivity contribution is 6.14. The van der Waals surface area contributed by atoms with E-state index in [1.54, 1.807) is 39.5 Å². The topological polar surface area (TPSA) is 69.7 Å². The zero-order chi connectivity index (χ0) is 23.5. The van der Waals surface area contributed by atoms with Crippen LogP contribution in [0, 0.1) is 13.8 Å². The van der Waals surface area contributed by atoms with E-state index in [-0.39, 0.29) is 5.91 Å². The average molecular weight is 443 g/mol. The Kier molecular flexibility index (Phi) is 6.18. The molecule has 1 aromatic heterocycles. The molecule has 0 fully saturated rings. The van der Waals surface area contributed by atoms with Crippen LogP contribution in [0.2, 0.25) is 0 Å². The zero-order valence-corrected chi connectivity index (χ0v) is 19.4. The normalized spacial score (nSPS) is 10.7. The number of hydrogen-bond donors (Lipinski definition) is 1. The second-order valence-electron chi connectivity index (χ2n) is 7.79. The van der Waals surface area contributed by atoms with Crippen molar-refractivity contribution in [2.75, 3.05) is 26.6 Å². The second kappa shape index (κ2) is 9.20. The molecule has 0 aliphatic rings. The molecule has 0 atom stereocenters. The van der Waals surface area contributed by atoms with Crippen LogP contribution in [0.3, 0.4) is 0 Å². The Morgan fingerprint density at radius 2 is 1.61 bits per heavy atom. The first-order valence-corrected chi connectivity index (χ1v) is 10.5. The van der Waals surface area contributed by atoms with Crippen molar-refractivity contribution < 1.29 is 19.0 Å². The van der Waals surface area contributed by atoms with Gasteiger partial charge in [0.05, 0.1) is 43.8 Å². The van der Waals surface area contributed by atoms with Crippen LogP contribution < -0.4 is 19.5 Å². The van der Waals surface area contributed by atoms with Crippen LogP contribution in [0.15, 0.2) is 60.7 Å². The SMILES string of the molecule is COc1cccc(-c2cc(C(=O)Nc3ccc(OC)cc3OC)c3cc(C)cc(C)c3n2)c1. The van der Waals surface area contributed by atoms with Gasteiger partial charge in [0.25, 0.3) is 5.91 Å². The number of pyridine rings is 1. The van der Waals surface area contributed by atoms with Crippen LogP contribution in [-0.2, 0) is 0 Å². The Hall–Kier alpha value is -4.06. The fraction of sp³-hybridized carbons (Fsp3) is 0.185. The first kappa shape index (κ1) is 22.1. The van der Waals surface area contributed by atoms with Gasteiger partial charge in [0.2, 0.25) is 0 Å². The second-order valence-corrected chi connectivity index (χ2v) is 7.79. The number of amides is 1. The number of carbonyl (C=O) groups is 1. The van der Waals surface area contributed by atoms with Crippen molar-refractivity contribution in [1.82, 2.24) is 4.98 Å². The van der Waals surface area contributed by atoms with Gasteiger partial charge in [-0.2, -0.15) is 0 Å². The number of carbonyl (C=O) groups excluding carboxylic acids is 1. The molecule has 0 unspecified atom stereocenters. The van der Waals surface area contributed by atoms with Crippen molar-refractivity contribution in [2.45, 2.75) is 13.8 Å². The molecule has 4 rings (SSSR count). The first-order valence-electron chi connectivity index (χ1n) is 10.5. The highest BCUT2D eigenvalue weighted by Gasteiger charge is 2.18. The van der Waals surface area contributed by atoms with E-state index in [1.165, 1.54) is 0 Å². The summed E-state index contributed by atoms with van der Waals surface area (Å²) in [7, 11) is 4.77. The molecular formula is C27H26N2O4. The van der Waals surface area contributed by atoms with E-state index in [9.17, 15) is 4.79 Å². The Morgan fingerprint density at radius 3 is 2.33 bits per heavy atom. The van der Waals surface area contributed by atoms with Crippen molar-refractivity contribution in [3.63, 3.8) is 0 Å². The van der Waals surface area contributed by atoms with Gasteiger partial charge in [-0.1, -0.05) is 23.8 Å². The summed E-state index contributed by atoms with van der Waals surface area (Å²) in [5.74, 6) is 1.64. The minimum absolute atomic E-state index is 0.250. The number of anilines is 1. The number of ether oxygens (including phenoxy) is 3. The molecule has 0 aliphatic heterocycles. The molecule has 168 valence electrons. The van der Waals surface area contributed by atoms with Crippen LogP contribution in [0.5, 0.6) is 17.2 Å². The van der Waals surface area contributed by atoms with Crippen molar-refractivity contribution in [1.29, 1.82) is 0 Å². The van der Waals surface area contributed by atoms with Gasteiger partial charge in [0.15, 0.2) is 0 Å². The number of aryl methyl sites for hydroxylation is 2. The van der Waals surface area contributed by atoms with Gasteiger partial charge in [0, 0.05) is 17.0 Å². The molecule has 0 bridgehead atoms. The van der Waals surface area contributed by atoms with Crippen LogP contribution in [0.1, 0.15) is 21.5 Å². The number of nitrogens with zero attached hydrogens (tertiary/aromatic N) is 1. The summed E-state index contributed by atoms with van der Waals surface area (Å²) in [5.41, 5.74) is 5.50. The number of methoxy groups -OCH3 is 3. The molecule has 0 saturated heterocycles.